The van der Waals surface area contributed by atoms with Crippen LogP contribution in [0.5, 0.6) is 0 Å². The lowest BCUT2D eigenvalue weighted by atomic mass is 9.95. The molecule has 0 aliphatic heterocycles. The molecule has 0 fully saturated rings. The topological polar surface area (TPSA) is 98.5 Å². The summed E-state index contributed by atoms with van der Waals surface area (Å²) in [5, 5.41) is 5.08. The van der Waals surface area contributed by atoms with E-state index >= 15 is 0 Å². The maximum atomic E-state index is 12.3. The molecule has 1 amide bonds. The Morgan fingerprint density at radius 3 is 2.71 bits per heavy atom. The molecular weight excluding hydrogens is 380 g/mol. The fourth-order valence-corrected chi connectivity index (χ4v) is 3.65. The fraction of sp³-hybridized carbons (Fsp3) is 0.300. The average molecular weight is 400 g/mol. The highest BCUT2D eigenvalue weighted by molar-refractivity contribution is 7.14. The van der Waals surface area contributed by atoms with Crippen LogP contribution < -0.4 is 10.9 Å². The molecule has 0 bridgehead atoms. The molecule has 1 aromatic carbocycles. The minimum absolute atomic E-state index is 0.0888. The van der Waals surface area contributed by atoms with Crippen molar-refractivity contribution in [1.82, 2.24) is 4.98 Å². The van der Waals surface area contributed by atoms with Gasteiger partial charge in [0.25, 0.3) is 0 Å². The van der Waals surface area contributed by atoms with Crippen molar-refractivity contribution >= 4 is 39.3 Å². The quantitative estimate of drug-likeness (QED) is 0.513. The van der Waals surface area contributed by atoms with Crippen molar-refractivity contribution in [2.24, 2.45) is 0 Å². The zero-order valence-corrected chi connectivity index (χ0v) is 16.8. The lowest BCUT2D eigenvalue weighted by molar-refractivity contribution is -0.114. The van der Waals surface area contributed by atoms with E-state index in [1.54, 1.807) is 0 Å². The first-order chi connectivity index (χ1) is 13.2. The molecule has 0 aliphatic rings. The number of hydrogen-bond donors (Lipinski definition) is 1. The van der Waals surface area contributed by atoms with Crippen LogP contribution in [0.2, 0.25) is 0 Å². The number of benzene rings is 1. The molecule has 0 saturated carbocycles. The van der Waals surface area contributed by atoms with Gasteiger partial charge in [-0.2, -0.15) is 0 Å². The molecule has 3 rings (SSSR count). The van der Waals surface area contributed by atoms with Gasteiger partial charge in [-0.05, 0) is 36.1 Å². The van der Waals surface area contributed by atoms with Crippen LogP contribution in [0.25, 0.3) is 11.0 Å². The molecule has 0 radical (unpaired) electrons. The Morgan fingerprint density at radius 1 is 1.29 bits per heavy atom. The Kier molecular flexibility index (Phi) is 5.60. The normalized spacial score (nSPS) is 11.0. The second-order valence-electron chi connectivity index (χ2n) is 6.75. The van der Waals surface area contributed by atoms with Gasteiger partial charge < -0.3 is 14.5 Å². The second-order valence-corrected chi connectivity index (χ2v) is 7.60. The van der Waals surface area contributed by atoms with Gasteiger partial charge in [0.1, 0.15) is 12.2 Å². The van der Waals surface area contributed by atoms with E-state index in [4.69, 9.17) is 9.15 Å². The van der Waals surface area contributed by atoms with Gasteiger partial charge in [0.15, 0.2) is 10.8 Å². The number of nitrogens with zero attached hydrogens (tertiary/aromatic N) is 1. The molecule has 0 saturated heterocycles. The van der Waals surface area contributed by atoms with Crippen molar-refractivity contribution in [3.05, 3.63) is 56.4 Å². The Bertz CT molecular complexity index is 1110. The summed E-state index contributed by atoms with van der Waals surface area (Å²) in [6, 6.07) is 5.13. The monoisotopic (exact) mass is 400 g/mol. The number of rotatable bonds is 5. The minimum Gasteiger partial charge on any atom is -0.456 e. The summed E-state index contributed by atoms with van der Waals surface area (Å²) in [6.45, 7) is 7.41. The van der Waals surface area contributed by atoms with Gasteiger partial charge in [-0.3, -0.25) is 4.79 Å². The van der Waals surface area contributed by atoms with Gasteiger partial charge in [0.05, 0.1) is 0 Å². The summed E-state index contributed by atoms with van der Waals surface area (Å²) in [5.74, 6) is -0.604. The van der Waals surface area contributed by atoms with Crippen LogP contribution in [-0.4, -0.2) is 16.9 Å². The first kappa shape index (κ1) is 19.8. The minimum atomic E-state index is -0.634. The molecule has 28 heavy (non-hydrogen) atoms. The molecule has 0 unspecified atom stereocenters. The van der Waals surface area contributed by atoms with Gasteiger partial charge in [-0.25, -0.2) is 14.6 Å². The second kappa shape index (κ2) is 7.93. The fourth-order valence-electron chi connectivity index (χ4n) is 2.93. The standard InChI is InChI=1S/C20H20N2O5S/c1-10(2)14-7-15-13(6-18(24)27-17(15)5-11(14)3)8-26-19(25)16-9-28-20(22-16)21-12(4)23/h5-7,9-10H,8H2,1-4H3,(H,21,22,23). The van der Waals surface area contributed by atoms with E-state index in [-0.39, 0.29) is 18.2 Å². The Balaban J connectivity index is 1.86. The number of carbonyl (C=O) groups excluding carboxylic acids is 2. The Morgan fingerprint density at radius 2 is 2.04 bits per heavy atom. The molecule has 1 N–H and O–H groups in total. The number of thiazole rings is 1. The zero-order valence-electron chi connectivity index (χ0n) is 16.0. The van der Waals surface area contributed by atoms with Crippen molar-refractivity contribution in [3.8, 4) is 0 Å². The van der Waals surface area contributed by atoms with Crippen LogP contribution in [-0.2, 0) is 16.1 Å². The predicted octanol–water partition coefficient (Wildman–Crippen LogP) is 4.00. The summed E-state index contributed by atoms with van der Waals surface area (Å²) < 4.78 is 10.6. The van der Waals surface area contributed by atoms with Crippen LogP contribution in [0, 0.1) is 6.92 Å². The van der Waals surface area contributed by atoms with Gasteiger partial charge in [-0.15, -0.1) is 11.3 Å². The Hall–Kier alpha value is -3.00. The summed E-state index contributed by atoms with van der Waals surface area (Å²) in [5.41, 5.74) is 2.79. The van der Waals surface area contributed by atoms with E-state index in [1.165, 1.54) is 18.4 Å². The third kappa shape index (κ3) is 4.28. The molecule has 0 spiro atoms. The number of nitrogens with one attached hydrogen (secondary N) is 1. The SMILES string of the molecule is CC(=O)Nc1nc(C(=O)OCc2cc(=O)oc3cc(C)c(C(C)C)cc23)cs1. The molecule has 146 valence electrons. The lowest BCUT2D eigenvalue weighted by Crippen LogP contribution is -2.10. The number of fused-ring (bicyclic) bond motifs is 1. The highest BCUT2D eigenvalue weighted by Crippen LogP contribution is 2.27. The number of anilines is 1. The highest BCUT2D eigenvalue weighted by Gasteiger charge is 2.16. The van der Waals surface area contributed by atoms with Gasteiger partial charge in [0.2, 0.25) is 5.91 Å². The highest BCUT2D eigenvalue weighted by atomic mass is 32.1. The summed E-state index contributed by atoms with van der Waals surface area (Å²) in [7, 11) is 0. The van der Waals surface area contributed by atoms with E-state index in [2.05, 4.69) is 24.1 Å². The Labute approximate surface area is 165 Å². The smallest absolute Gasteiger partial charge is 0.358 e. The molecule has 2 heterocycles. The molecule has 7 nitrogen and oxygen atoms in total. The van der Waals surface area contributed by atoms with Gasteiger partial charge >= 0.3 is 11.6 Å². The van der Waals surface area contributed by atoms with Crippen LogP contribution in [0.4, 0.5) is 5.13 Å². The molecule has 2 aromatic heterocycles. The number of amides is 1. The van der Waals surface area contributed by atoms with Crippen molar-refractivity contribution in [1.29, 1.82) is 0 Å². The van der Waals surface area contributed by atoms with E-state index in [1.807, 2.05) is 19.1 Å². The van der Waals surface area contributed by atoms with Gasteiger partial charge in [-0.1, -0.05) is 13.8 Å². The van der Waals surface area contributed by atoms with E-state index in [0.717, 1.165) is 27.8 Å². The van der Waals surface area contributed by atoms with Crippen molar-refractivity contribution < 1.29 is 18.7 Å². The third-order valence-corrected chi connectivity index (χ3v) is 4.95. The van der Waals surface area contributed by atoms with Crippen molar-refractivity contribution in [2.45, 2.75) is 40.2 Å². The zero-order chi connectivity index (χ0) is 20.4. The van der Waals surface area contributed by atoms with Crippen LogP contribution >= 0.6 is 11.3 Å². The first-order valence-corrected chi connectivity index (χ1v) is 9.60. The maximum Gasteiger partial charge on any atom is 0.358 e. The maximum absolute atomic E-state index is 12.3. The van der Waals surface area contributed by atoms with Crippen LogP contribution in [0.15, 0.2) is 32.8 Å². The third-order valence-electron chi connectivity index (χ3n) is 4.19. The number of carbonyl (C=O) groups is 2. The number of ether oxygens (including phenoxy) is 1. The van der Waals surface area contributed by atoms with Crippen LogP contribution in [0.3, 0.4) is 0 Å². The van der Waals surface area contributed by atoms with Crippen molar-refractivity contribution in [3.63, 3.8) is 0 Å². The molecule has 0 aliphatic carbocycles. The van der Waals surface area contributed by atoms with E-state index in [9.17, 15) is 14.4 Å². The summed E-state index contributed by atoms with van der Waals surface area (Å²) in [4.78, 5) is 39.3. The van der Waals surface area contributed by atoms with E-state index < -0.39 is 11.6 Å². The number of aromatic nitrogens is 1. The number of esters is 1. The first-order valence-electron chi connectivity index (χ1n) is 8.72. The van der Waals surface area contributed by atoms with E-state index in [0.29, 0.717) is 22.2 Å². The molecular formula is C20H20N2O5S. The summed E-state index contributed by atoms with van der Waals surface area (Å²) >= 11 is 1.13. The van der Waals surface area contributed by atoms with Crippen molar-refractivity contribution in [2.75, 3.05) is 5.32 Å². The number of aryl methyl sites for hydroxylation is 1. The molecule has 3 aromatic rings. The van der Waals surface area contributed by atoms with Gasteiger partial charge in [0, 0.05) is 29.3 Å². The largest absolute Gasteiger partial charge is 0.456 e. The number of hydrogen-bond acceptors (Lipinski definition) is 7. The van der Waals surface area contributed by atoms with Crippen LogP contribution in [0.1, 0.15) is 53.9 Å². The molecule has 8 heteroatoms. The molecule has 0 atom stereocenters. The summed E-state index contributed by atoms with van der Waals surface area (Å²) in [6.07, 6.45) is 0. The lowest BCUT2D eigenvalue weighted by Gasteiger charge is -2.13. The average Bonchev–Trinajstić information content (AvgIpc) is 3.06. The predicted molar refractivity (Wildman–Crippen MR) is 107 cm³/mol.